The van der Waals surface area contributed by atoms with Crippen LogP contribution in [0.5, 0.6) is 0 Å². The predicted molar refractivity (Wildman–Crippen MR) is 252 cm³/mol. The maximum Gasteiger partial charge on any atom is 0.304 e. The fourth-order valence-corrected chi connectivity index (χ4v) is 5.66. The number of amidine groups is 4. The van der Waals surface area contributed by atoms with E-state index in [1.807, 2.05) is 0 Å². The van der Waals surface area contributed by atoms with Gasteiger partial charge in [0.05, 0.1) is 25.7 Å². The van der Waals surface area contributed by atoms with Gasteiger partial charge in [-0.1, -0.05) is 47.4 Å². The highest BCUT2D eigenvalue weighted by molar-refractivity contribution is 6.51. The molecule has 2 aliphatic heterocycles. The van der Waals surface area contributed by atoms with Crippen molar-refractivity contribution < 1.29 is 39.6 Å². The van der Waals surface area contributed by atoms with E-state index in [0.717, 1.165) is 0 Å². The lowest BCUT2D eigenvalue weighted by Crippen LogP contribution is -2.27. The number of nitrogens with zero attached hydrogens (tertiary/aromatic N) is 4. The molecule has 66 heavy (non-hydrogen) atoms. The van der Waals surface area contributed by atoms with E-state index in [4.69, 9.17) is 40.4 Å². The molecule has 16 heteroatoms. The Bertz CT molecular complexity index is 2520. The summed E-state index contributed by atoms with van der Waals surface area (Å²) >= 11 is 0. The highest BCUT2D eigenvalue weighted by Crippen LogP contribution is 2.25. The van der Waals surface area contributed by atoms with E-state index < -0.39 is 23.9 Å². The van der Waals surface area contributed by atoms with Gasteiger partial charge in [-0.05, 0) is 97.1 Å². The van der Waals surface area contributed by atoms with Gasteiger partial charge >= 0.3 is 23.9 Å². The van der Waals surface area contributed by atoms with Gasteiger partial charge in [0, 0.05) is 70.7 Å². The average molecular weight is 881 g/mol. The van der Waals surface area contributed by atoms with Gasteiger partial charge in [0.15, 0.2) is 23.3 Å². The van der Waals surface area contributed by atoms with Crippen molar-refractivity contribution in [2.24, 2.45) is 20.0 Å². The molecule has 0 fully saturated rings. The summed E-state index contributed by atoms with van der Waals surface area (Å²) in [6.45, 7) is 0. The molecule has 0 saturated heterocycles. The molecule has 4 aromatic carbocycles. The number of hydrogen-bond donors (Lipinski definition) is 8. The fourth-order valence-electron chi connectivity index (χ4n) is 5.66. The van der Waals surface area contributed by atoms with Crippen LogP contribution >= 0.6 is 0 Å². The number of carboxylic acids is 4. The Kier molecular flexibility index (Phi) is 16.2. The van der Waals surface area contributed by atoms with Crippen molar-refractivity contribution in [2.75, 3.05) is 21.3 Å². The summed E-state index contributed by atoms with van der Waals surface area (Å²) in [5.41, 5.74) is 5.43. The van der Waals surface area contributed by atoms with Crippen LogP contribution in [0.4, 0.5) is 22.7 Å². The van der Waals surface area contributed by atoms with E-state index >= 15 is 0 Å². The smallest absolute Gasteiger partial charge is 0.304 e. The highest BCUT2D eigenvalue weighted by Gasteiger charge is 2.26. The Balaban J connectivity index is 1.31. The van der Waals surface area contributed by atoms with Gasteiger partial charge in [-0.25, -0.2) is 20.0 Å². The fraction of sp³-hybridized carbons (Fsp3) is 0.160. The van der Waals surface area contributed by atoms with E-state index in [-0.39, 0.29) is 63.0 Å². The molecule has 2 heterocycles. The standard InChI is InChI=1S/C50H40N8O8/c59-41(60)13-5-1-9-33-17-25-37(26-18-33)51-45-46(52-38-27-19-34(20-28-38)10-2-6-14-42(61)62)56-49(55-45)50-57-47(53-39-29-21-35(22-30-39)11-3-7-15-43(63)64)48(58-50)54-40-31-23-36(24-32-40)12-4-8-16-44(65)66/h17-32H,5-8,13-16H2,(H,51,55)(H,52,56)(H,53,57)(H,54,58)(H,59,60)(H,61,62)(H,63,64)(H,65,66). The minimum absolute atomic E-state index is 0.0470. The Morgan fingerprint density at radius 3 is 0.727 bits per heavy atom. The molecule has 2 aliphatic rings. The molecule has 328 valence electrons. The topological polar surface area (TPSA) is 247 Å². The van der Waals surface area contributed by atoms with Crippen LogP contribution in [0, 0.1) is 47.4 Å². The zero-order valence-electron chi connectivity index (χ0n) is 35.1. The van der Waals surface area contributed by atoms with Crippen molar-refractivity contribution in [2.45, 2.75) is 51.4 Å². The summed E-state index contributed by atoms with van der Waals surface area (Å²) in [4.78, 5) is 62.7. The van der Waals surface area contributed by atoms with Crippen LogP contribution in [0.3, 0.4) is 0 Å². The summed E-state index contributed by atoms with van der Waals surface area (Å²) in [5, 5.41) is 48.9. The molecule has 0 aromatic heterocycles. The number of nitrogens with one attached hydrogen (secondary N) is 4. The van der Waals surface area contributed by atoms with Crippen LogP contribution in [-0.4, -0.2) is 67.6 Å². The minimum atomic E-state index is -0.914. The zero-order chi connectivity index (χ0) is 46.7. The van der Waals surface area contributed by atoms with E-state index in [1.54, 1.807) is 97.1 Å². The molecule has 0 amide bonds. The van der Waals surface area contributed by atoms with Gasteiger partial charge in [0.25, 0.3) is 0 Å². The first kappa shape index (κ1) is 46.1. The maximum atomic E-state index is 10.9. The molecule has 0 atom stereocenters. The van der Waals surface area contributed by atoms with Crippen molar-refractivity contribution in [3.8, 4) is 47.4 Å². The maximum absolute atomic E-state index is 10.9. The second kappa shape index (κ2) is 23.2. The normalized spacial score (nSPS) is 12.1. The van der Waals surface area contributed by atoms with Gasteiger partial charge in [-0.2, -0.15) is 0 Å². The molecule has 0 radical (unpaired) electrons. The Labute approximate surface area is 379 Å². The average Bonchev–Trinajstić information content (AvgIpc) is 3.88. The van der Waals surface area contributed by atoms with E-state index in [9.17, 15) is 19.2 Å². The van der Waals surface area contributed by atoms with Crippen molar-refractivity contribution >= 4 is 70.0 Å². The second-order valence-corrected chi connectivity index (χ2v) is 14.1. The number of anilines is 4. The summed E-state index contributed by atoms with van der Waals surface area (Å²) in [6, 6.07) is 28.8. The highest BCUT2D eigenvalue weighted by atomic mass is 16.4. The monoisotopic (exact) mass is 880 g/mol. The summed E-state index contributed by atoms with van der Waals surface area (Å²) in [6.07, 6.45) is 0.720. The molecule has 4 aromatic rings. The minimum Gasteiger partial charge on any atom is -0.481 e. The number of rotatable bonds is 12. The molecule has 0 unspecified atom stereocenters. The Morgan fingerprint density at radius 1 is 0.348 bits per heavy atom. The molecule has 16 nitrogen and oxygen atoms in total. The molecule has 0 saturated carbocycles. The van der Waals surface area contributed by atoms with Gasteiger partial charge in [-0.15, -0.1) is 0 Å². The third-order valence-electron chi connectivity index (χ3n) is 8.90. The lowest BCUT2D eigenvalue weighted by atomic mass is 10.2. The van der Waals surface area contributed by atoms with Gasteiger partial charge in [-0.3, -0.25) is 19.2 Å². The first-order chi connectivity index (χ1) is 31.9. The van der Waals surface area contributed by atoms with E-state index in [1.165, 1.54) is 0 Å². The van der Waals surface area contributed by atoms with Crippen LogP contribution in [0.2, 0.25) is 0 Å². The first-order valence-corrected chi connectivity index (χ1v) is 20.4. The van der Waals surface area contributed by atoms with Gasteiger partial charge < -0.3 is 41.7 Å². The molecule has 0 bridgehead atoms. The van der Waals surface area contributed by atoms with E-state index in [0.29, 0.717) is 68.3 Å². The van der Waals surface area contributed by atoms with Crippen molar-refractivity contribution in [3.63, 3.8) is 0 Å². The van der Waals surface area contributed by atoms with Crippen LogP contribution in [0.25, 0.3) is 0 Å². The van der Waals surface area contributed by atoms with Crippen LogP contribution in [0.1, 0.15) is 73.6 Å². The quantitative estimate of drug-likeness (QED) is 0.0668. The lowest BCUT2D eigenvalue weighted by Gasteiger charge is -2.11. The summed E-state index contributed by atoms with van der Waals surface area (Å²) in [7, 11) is 0. The number of benzene rings is 4. The molecular weight excluding hydrogens is 841 g/mol. The van der Waals surface area contributed by atoms with Crippen molar-refractivity contribution in [1.29, 1.82) is 0 Å². The molecule has 0 spiro atoms. The number of hydrogen-bond acceptors (Lipinski definition) is 12. The van der Waals surface area contributed by atoms with E-state index in [2.05, 4.69) is 68.6 Å². The van der Waals surface area contributed by atoms with Crippen LogP contribution in [-0.2, 0) is 19.2 Å². The zero-order valence-corrected chi connectivity index (χ0v) is 35.1. The Morgan fingerprint density at radius 2 is 0.545 bits per heavy atom. The van der Waals surface area contributed by atoms with Crippen molar-refractivity contribution in [3.05, 3.63) is 131 Å². The van der Waals surface area contributed by atoms with Crippen LogP contribution in [0.15, 0.2) is 129 Å². The van der Waals surface area contributed by atoms with Gasteiger partial charge in [0.1, 0.15) is 0 Å². The number of aliphatic carboxylic acids is 4. The second-order valence-electron chi connectivity index (χ2n) is 14.1. The summed E-state index contributed by atoms with van der Waals surface area (Å²) in [5.74, 6) is 21.4. The largest absolute Gasteiger partial charge is 0.481 e. The van der Waals surface area contributed by atoms with Crippen LogP contribution < -0.4 is 21.3 Å². The van der Waals surface area contributed by atoms with Gasteiger partial charge in [0.2, 0.25) is 11.6 Å². The third-order valence-corrected chi connectivity index (χ3v) is 8.90. The first-order valence-electron chi connectivity index (χ1n) is 20.4. The lowest BCUT2D eigenvalue weighted by molar-refractivity contribution is -0.137. The molecule has 0 aliphatic carbocycles. The third kappa shape index (κ3) is 14.9. The summed E-state index contributed by atoms with van der Waals surface area (Å²) < 4.78 is 0. The van der Waals surface area contributed by atoms with Crippen molar-refractivity contribution in [1.82, 2.24) is 0 Å². The SMILES string of the molecule is O=C(O)CCC#Cc1ccc(NC2=NC(=C3N=C(Nc4ccc(C#CCCC(=O)O)cc4)C(Nc4ccc(C#CCCC(=O)O)cc4)=N3)N=C2Nc2ccc(C#CCCC(=O)O)cc2)cc1. The molecule has 6 rings (SSSR count). The molecular formula is C50H40N8O8. The Hall–Kier alpha value is -9.38. The number of aliphatic imine (C=N–C) groups is 4. The molecule has 8 N–H and O–H groups in total. The predicted octanol–water partition coefficient (Wildman–Crippen LogP) is 7.05. The number of carboxylic acid groups (broad SMARTS) is 4. The number of carbonyl (C=O) groups is 4.